The number of nitrogens with zero attached hydrogens (tertiary/aromatic N) is 3. The van der Waals surface area contributed by atoms with Gasteiger partial charge in [-0.05, 0) is 19.9 Å². The van der Waals surface area contributed by atoms with Gasteiger partial charge >= 0.3 is 0 Å². The minimum atomic E-state index is -0.357. The first kappa shape index (κ1) is 10.4. The first-order chi connectivity index (χ1) is 7.61. The van der Waals surface area contributed by atoms with Crippen molar-refractivity contribution in [1.29, 1.82) is 0 Å². The summed E-state index contributed by atoms with van der Waals surface area (Å²) in [6, 6.07) is 5.25. The minimum Gasteiger partial charge on any atom is -0.298 e. The van der Waals surface area contributed by atoms with E-state index >= 15 is 0 Å². The van der Waals surface area contributed by atoms with Gasteiger partial charge < -0.3 is 0 Å². The van der Waals surface area contributed by atoms with Crippen molar-refractivity contribution in [2.24, 2.45) is 0 Å². The molecule has 0 N–H and O–H groups in total. The Morgan fingerprint density at radius 1 is 1.38 bits per heavy atom. The summed E-state index contributed by atoms with van der Waals surface area (Å²) in [7, 11) is 0. The molecule has 5 nitrogen and oxygen atoms in total. The lowest BCUT2D eigenvalue weighted by Crippen LogP contribution is -2.02. The molecule has 0 fully saturated rings. The van der Waals surface area contributed by atoms with E-state index in [0.717, 1.165) is 5.82 Å². The fourth-order valence-corrected chi connectivity index (χ4v) is 1.71. The number of rotatable bonds is 2. The molecule has 1 aromatic carbocycles. The molecule has 0 aliphatic heterocycles. The predicted molar refractivity (Wildman–Crippen MR) is 59.7 cm³/mol. The highest BCUT2D eigenvalue weighted by Gasteiger charge is 2.18. The molecule has 0 saturated carbocycles. The molecule has 0 aliphatic rings. The Kier molecular flexibility index (Phi) is 2.44. The smallest absolute Gasteiger partial charge is 0.296 e. The molecule has 0 bridgehead atoms. The highest BCUT2D eigenvalue weighted by Crippen LogP contribution is 2.27. The predicted octanol–water partition coefficient (Wildman–Crippen LogP) is 2.40. The summed E-state index contributed by atoms with van der Waals surface area (Å²) in [5.41, 5.74) is 1.33. The Hall–Kier alpha value is -2.17. The zero-order chi connectivity index (χ0) is 11.7. The van der Waals surface area contributed by atoms with Gasteiger partial charge in [-0.25, -0.2) is 4.98 Å². The maximum Gasteiger partial charge on any atom is 0.296 e. The zero-order valence-electron chi connectivity index (χ0n) is 9.04. The van der Waals surface area contributed by atoms with E-state index in [2.05, 4.69) is 4.98 Å². The van der Waals surface area contributed by atoms with Crippen LogP contribution in [0.1, 0.15) is 11.4 Å². The average Bonchev–Trinajstić information content (AvgIpc) is 2.63. The molecule has 1 aromatic heterocycles. The van der Waals surface area contributed by atoms with E-state index in [9.17, 15) is 10.1 Å². The van der Waals surface area contributed by atoms with Crippen molar-refractivity contribution in [3.8, 4) is 5.69 Å². The van der Waals surface area contributed by atoms with Gasteiger partial charge in [0.25, 0.3) is 5.69 Å². The van der Waals surface area contributed by atoms with Gasteiger partial charge in [0, 0.05) is 18.0 Å². The van der Waals surface area contributed by atoms with Crippen LogP contribution in [0.2, 0.25) is 0 Å². The van der Waals surface area contributed by atoms with Crippen LogP contribution in [0.15, 0.2) is 30.6 Å². The van der Waals surface area contributed by atoms with Crippen LogP contribution >= 0.6 is 0 Å². The van der Waals surface area contributed by atoms with Crippen molar-refractivity contribution < 1.29 is 4.92 Å². The third kappa shape index (κ3) is 1.56. The summed E-state index contributed by atoms with van der Waals surface area (Å²) in [6.07, 6.45) is 3.35. The van der Waals surface area contributed by atoms with E-state index < -0.39 is 0 Å². The van der Waals surface area contributed by atoms with Crippen LogP contribution in [-0.4, -0.2) is 14.5 Å². The summed E-state index contributed by atoms with van der Waals surface area (Å²) in [4.78, 5) is 14.7. The van der Waals surface area contributed by atoms with Gasteiger partial charge in [-0.1, -0.05) is 12.1 Å². The molecule has 2 aromatic rings. The third-order valence-corrected chi connectivity index (χ3v) is 2.48. The summed E-state index contributed by atoms with van der Waals surface area (Å²) in [6.45, 7) is 3.54. The maximum absolute atomic E-state index is 11.0. The fraction of sp³-hybridized carbons (Fsp3) is 0.182. The number of para-hydroxylation sites is 1. The molecule has 0 aliphatic carbocycles. The van der Waals surface area contributed by atoms with Gasteiger partial charge in [0.05, 0.1) is 4.92 Å². The first-order valence-corrected chi connectivity index (χ1v) is 4.85. The SMILES string of the molecule is Cc1cccc(-n2ccnc2C)c1[N+](=O)[O-]. The molecular weight excluding hydrogens is 206 g/mol. The highest BCUT2D eigenvalue weighted by atomic mass is 16.6. The monoisotopic (exact) mass is 217 g/mol. The molecule has 0 unspecified atom stereocenters. The number of aryl methyl sites for hydroxylation is 2. The molecule has 0 spiro atoms. The number of hydrogen-bond donors (Lipinski definition) is 0. The van der Waals surface area contributed by atoms with E-state index in [4.69, 9.17) is 0 Å². The van der Waals surface area contributed by atoms with Gasteiger partial charge in [0.15, 0.2) is 0 Å². The van der Waals surface area contributed by atoms with Crippen molar-refractivity contribution >= 4 is 5.69 Å². The molecule has 2 rings (SSSR count). The average molecular weight is 217 g/mol. The van der Waals surface area contributed by atoms with Gasteiger partial charge in [-0.2, -0.15) is 0 Å². The van der Waals surface area contributed by atoms with Crippen LogP contribution in [0.25, 0.3) is 5.69 Å². The van der Waals surface area contributed by atoms with Crippen molar-refractivity contribution in [2.45, 2.75) is 13.8 Å². The van der Waals surface area contributed by atoms with E-state index in [1.807, 2.05) is 6.92 Å². The van der Waals surface area contributed by atoms with Gasteiger partial charge in [-0.3, -0.25) is 14.7 Å². The van der Waals surface area contributed by atoms with E-state index in [1.165, 1.54) is 0 Å². The molecular formula is C11H11N3O2. The topological polar surface area (TPSA) is 61.0 Å². The number of imidazole rings is 1. The first-order valence-electron chi connectivity index (χ1n) is 4.85. The zero-order valence-corrected chi connectivity index (χ0v) is 9.04. The second-order valence-electron chi connectivity index (χ2n) is 3.54. The number of aromatic nitrogens is 2. The standard InChI is InChI=1S/C11H11N3O2/c1-8-4-3-5-10(11(8)14(15)16)13-7-6-12-9(13)2/h3-7H,1-2H3. The van der Waals surface area contributed by atoms with Crippen molar-refractivity contribution in [2.75, 3.05) is 0 Å². The van der Waals surface area contributed by atoms with Crippen LogP contribution in [0.3, 0.4) is 0 Å². The Morgan fingerprint density at radius 2 is 2.12 bits per heavy atom. The van der Waals surface area contributed by atoms with Crippen molar-refractivity contribution in [3.63, 3.8) is 0 Å². The summed E-state index contributed by atoms with van der Waals surface area (Å²) < 4.78 is 1.71. The fourth-order valence-electron chi connectivity index (χ4n) is 1.71. The van der Waals surface area contributed by atoms with Crippen LogP contribution in [0, 0.1) is 24.0 Å². The quantitative estimate of drug-likeness (QED) is 0.573. The van der Waals surface area contributed by atoms with E-state index in [-0.39, 0.29) is 10.6 Å². The van der Waals surface area contributed by atoms with Crippen LogP contribution in [0.4, 0.5) is 5.69 Å². The lowest BCUT2D eigenvalue weighted by Gasteiger charge is -2.07. The molecule has 0 atom stereocenters. The van der Waals surface area contributed by atoms with Crippen molar-refractivity contribution in [3.05, 3.63) is 52.1 Å². The Balaban J connectivity index is 2.70. The van der Waals surface area contributed by atoms with Gasteiger partial charge in [0.1, 0.15) is 11.5 Å². The van der Waals surface area contributed by atoms with E-state index in [0.29, 0.717) is 11.3 Å². The lowest BCUT2D eigenvalue weighted by atomic mass is 10.1. The summed E-state index contributed by atoms with van der Waals surface area (Å²) >= 11 is 0. The van der Waals surface area contributed by atoms with Gasteiger partial charge in [-0.15, -0.1) is 0 Å². The Bertz CT molecular complexity index is 546. The van der Waals surface area contributed by atoms with E-state index in [1.54, 1.807) is 42.1 Å². The van der Waals surface area contributed by atoms with Gasteiger partial charge in [0.2, 0.25) is 0 Å². The second-order valence-corrected chi connectivity index (χ2v) is 3.54. The number of nitro benzene ring substituents is 1. The maximum atomic E-state index is 11.0. The normalized spacial score (nSPS) is 10.4. The summed E-state index contributed by atoms with van der Waals surface area (Å²) in [5, 5.41) is 11.0. The highest BCUT2D eigenvalue weighted by molar-refractivity contribution is 5.57. The number of nitro groups is 1. The summed E-state index contributed by atoms with van der Waals surface area (Å²) in [5.74, 6) is 0.730. The molecule has 82 valence electrons. The van der Waals surface area contributed by atoms with Crippen LogP contribution in [-0.2, 0) is 0 Å². The largest absolute Gasteiger partial charge is 0.298 e. The molecule has 0 amide bonds. The molecule has 1 heterocycles. The minimum absolute atomic E-state index is 0.128. The van der Waals surface area contributed by atoms with Crippen LogP contribution < -0.4 is 0 Å². The molecule has 5 heteroatoms. The molecule has 0 saturated heterocycles. The second kappa shape index (κ2) is 3.77. The molecule has 0 radical (unpaired) electrons. The van der Waals surface area contributed by atoms with Crippen LogP contribution in [0.5, 0.6) is 0 Å². The third-order valence-electron chi connectivity index (χ3n) is 2.48. The number of hydrogen-bond acceptors (Lipinski definition) is 3. The Labute approximate surface area is 92.5 Å². The lowest BCUT2D eigenvalue weighted by molar-refractivity contribution is -0.385. The molecule has 16 heavy (non-hydrogen) atoms. The van der Waals surface area contributed by atoms with Crippen molar-refractivity contribution in [1.82, 2.24) is 9.55 Å². The Morgan fingerprint density at radius 3 is 2.69 bits per heavy atom. The number of benzene rings is 1.